The molecule has 1 aliphatic heterocycles. The lowest BCUT2D eigenvalue weighted by molar-refractivity contribution is 0.451. The van der Waals surface area contributed by atoms with Gasteiger partial charge < -0.3 is 9.80 Å². The minimum atomic E-state index is 0.493. The van der Waals surface area contributed by atoms with Crippen molar-refractivity contribution < 1.29 is 0 Å². The largest absolute Gasteiger partial charge is 0.337 e. The maximum atomic E-state index is 8.39. The van der Waals surface area contributed by atoms with Gasteiger partial charge in [0, 0.05) is 26.2 Å². The molecule has 1 saturated heterocycles. The van der Waals surface area contributed by atoms with Crippen LogP contribution in [0.25, 0.3) is 0 Å². The van der Waals surface area contributed by atoms with E-state index in [4.69, 9.17) is 51.8 Å². The molecule has 0 atom stereocenters. The third kappa shape index (κ3) is 3.92. The fourth-order valence-corrected chi connectivity index (χ4v) is 3.32. The number of nitrogens with one attached hydrogen (secondary N) is 1. The van der Waals surface area contributed by atoms with Crippen LogP contribution in [0.2, 0.25) is 20.1 Å². The van der Waals surface area contributed by atoms with Crippen molar-refractivity contribution in [3.05, 3.63) is 67.6 Å². The lowest BCUT2D eigenvalue weighted by Gasteiger charge is -2.22. The van der Waals surface area contributed by atoms with Gasteiger partial charge in [-0.25, -0.2) is 0 Å². The number of hydrogen-bond donors (Lipinski definition) is 1. The van der Waals surface area contributed by atoms with Crippen LogP contribution in [0.4, 0.5) is 0 Å². The Kier molecular flexibility index (Phi) is 5.46. The summed E-state index contributed by atoms with van der Waals surface area (Å²) in [7, 11) is 0. The summed E-state index contributed by atoms with van der Waals surface area (Å²) in [5, 5.41) is 10.5. The van der Waals surface area contributed by atoms with Crippen molar-refractivity contribution in [2.75, 3.05) is 13.1 Å². The van der Waals surface area contributed by atoms with E-state index in [-0.39, 0.29) is 0 Å². The van der Waals surface area contributed by atoms with Gasteiger partial charge in [0.2, 0.25) is 0 Å². The van der Waals surface area contributed by atoms with Crippen LogP contribution in [0.15, 0.2) is 36.4 Å². The summed E-state index contributed by atoms with van der Waals surface area (Å²) in [6.07, 6.45) is 0. The number of rotatable bonds is 4. The fourth-order valence-electron chi connectivity index (χ4n) is 2.68. The van der Waals surface area contributed by atoms with Crippen LogP contribution in [0, 0.1) is 5.41 Å². The van der Waals surface area contributed by atoms with Crippen molar-refractivity contribution >= 4 is 52.4 Å². The molecule has 0 radical (unpaired) electrons. The minimum absolute atomic E-state index is 0.493. The van der Waals surface area contributed by atoms with E-state index < -0.39 is 0 Å². The summed E-state index contributed by atoms with van der Waals surface area (Å²) in [5.41, 5.74) is 2.07. The molecule has 7 heteroatoms. The van der Waals surface area contributed by atoms with Gasteiger partial charge in [0.05, 0.1) is 20.1 Å². The van der Waals surface area contributed by atoms with Gasteiger partial charge >= 0.3 is 0 Å². The molecule has 0 aromatic heterocycles. The Labute approximate surface area is 161 Å². The van der Waals surface area contributed by atoms with Crippen LogP contribution in [-0.2, 0) is 13.1 Å². The normalized spacial score (nSPS) is 14.6. The lowest BCUT2D eigenvalue weighted by Crippen LogP contribution is -2.32. The van der Waals surface area contributed by atoms with E-state index in [1.54, 1.807) is 12.1 Å². The van der Waals surface area contributed by atoms with Crippen molar-refractivity contribution in [3.8, 4) is 0 Å². The molecule has 2 aromatic carbocycles. The lowest BCUT2D eigenvalue weighted by atomic mass is 10.2. The van der Waals surface area contributed by atoms with Gasteiger partial charge in [-0.1, -0.05) is 58.5 Å². The molecule has 3 nitrogen and oxygen atoms in total. The predicted octanol–water partition coefficient (Wildman–Crippen LogP) is 5.55. The molecule has 0 saturated carbocycles. The van der Waals surface area contributed by atoms with Crippen LogP contribution >= 0.6 is 46.4 Å². The molecule has 0 aliphatic carbocycles. The van der Waals surface area contributed by atoms with E-state index in [1.165, 1.54) is 0 Å². The molecule has 0 bridgehead atoms. The SMILES string of the molecule is N=C1N(Cc2ccc(Cl)c(Cl)c2)CCN1Cc1ccc(Cl)c(Cl)c1. The average molecular weight is 403 g/mol. The molecule has 0 spiro atoms. The Bertz CT molecular complexity index is 715. The molecule has 0 unspecified atom stereocenters. The quantitative estimate of drug-likeness (QED) is 0.726. The first-order valence-electron chi connectivity index (χ1n) is 7.40. The van der Waals surface area contributed by atoms with Gasteiger partial charge in [-0.15, -0.1) is 0 Å². The number of benzene rings is 2. The third-order valence-electron chi connectivity index (χ3n) is 3.95. The first-order valence-corrected chi connectivity index (χ1v) is 8.91. The molecule has 1 heterocycles. The van der Waals surface area contributed by atoms with Crippen molar-refractivity contribution in [1.82, 2.24) is 9.80 Å². The number of nitrogens with zero attached hydrogens (tertiary/aromatic N) is 2. The van der Waals surface area contributed by atoms with Crippen LogP contribution < -0.4 is 0 Å². The predicted molar refractivity (Wildman–Crippen MR) is 101 cm³/mol. The summed E-state index contributed by atoms with van der Waals surface area (Å²) in [5.74, 6) is 0.493. The second-order valence-corrected chi connectivity index (χ2v) is 7.29. The second-order valence-electron chi connectivity index (χ2n) is 5.66. The molecule has 0 amide bonds. The van der Waals surface area contributed by atoms with Gasteiger partial charge in [0.15, 0.2) is 5.96 Å². The summed E-state index contributed by atoms with van der Waals surface area (Å²) in [6.45, 7) is 2.85. The summed E-state index contributed by atoms with van der Waals surface area (Å²) in [6, 6.07) is 11.1. The highest BCUT2D eigenvalue weighted by Crippen LogP contribution is 2.26. The first kappa shape index (κ1) is 17.7. The van der Waals surface area contributed by atoms with Crippen molar-refractivity contribution in [3.63, 3.8) is 0 Å². The minimum Gasteiger partial charge on any atom is -0.337 e. The zero-order valence-corrected chi connectivity index (χ0v) is 15.7. The van der Waals surface area contributed by atoms with E-state index in [1.807, 2.05) is 34.1 Å². The van der Waals surface area contributed by atoms with Crippen molar-refractivity contribution in [2.24, 2.45) is 0 Å². The molecule has 1 aliphatic rings. The van der Waals surface area contributed by atoms with Crippen LogP contribution in [0.1, 0.15) is 11.1 Å². The topological polar surface area (TPSA) is 30.3 Å². The Hall–Kier alpha value is -1.13. The highest BCUT2D eigenvalue weighted by molar-refractivity contribution is 6.42. The van der Waals surface area contributed by atoms with Gasteiger partial charge in [0.1, 0.15) is 0 Å². The number of guanidine groups is 1. The molecular formula is C17H15Cl4N3. The van der Waals surface area contributed by atoms with Gasteiger partial charge in [0.25, 0.3) is 0 Å². The van der Waals surface area contributed by atoms with E-state index in [0.29, 0.717) is 39.1 Å². The van der Waals surface area contributed by atoms with E-state index in [9.17, 15) is 0 Å². The standard InChI is InChI=1S/C17H15Cl4N3/c18-13-3-1-11(7-15(13)20)9-23-5-6-24(17(23)22)10-12-2-4-14(19)16(21)8-12/h1-4,7-8,22H,5-6,9-10H2. The molecular weight excluding hydrogens is 388 g/mol. The Morgan fingerprint density at radius 3 is 1.50 bits per heavy atom. The van der Waals surface area contributed by atoms with E-state index >= 15 is 0 Å². The molecule has 126 valence electrons. The van der Waals surface area contributed by atoms with Crippen LogP contribution in [0.3, 0.4) is 0 Å². The van der Waals surface area contributed by atoms with Crippen LogP contribution in [0.5, 0.6) is 0 Å². The molecule has 2 aromatic rings. The number of halogens is 4. The maximum absolute atomic E-state index is 8.39. The second kappa shape index (κ2) is 7.40. The highest BCUT2D eigenvalue weighted by Gasteiger charge is 2.25. The monoisotopic (exact) mass is 401 g/mol. The zero-order chi connectivity index (χ0) is 17.3. The van der Waals surface area contributed by atoms with Crippen molar-refractivity contribution in [2.45, 2.75) is 13.1 Å². The maximum Gasteiger partial charge on any atom is 0.194 e. The molecule has 24 heavy (non-hydrogen) atoms. The molecule has 1 fully saturated rings. The van der Waals surface area contributed by atoms with Gasteiger partial charge in [-0.3, -0.25) is 5.41 Å². The first-order chi connectivity index (χ1) is 11.4. The molecule has 1 N–H and O–H groups in total. The van der Waals surface area contributed by atoms with Gasteiger partial charge in [-0.2, -0.15) is 0 Å². The smallest absolute Gasteiger partial charge is 0.194 e. The Balaban J connectivity index is 1.66. The number of hydrogen-bond acceptors (Lipinski definition) is 1. The Morgan fingerprint density at radius 2 is 1.12 bits per heavy atom. The van der Waals surface area contributed by atoms with E-state index in [2.05, 4.69) is 0 Å². The van der Waals surface area contributed by atoms with Gasteiger partial charge in [-0.05, 0) is 35.4 Å². The van der Waals surface area contributed by atoms with E-state index in [0.717, 1.165) is 24.2 Å². The fraction of sp³-hybridized carbons (Fsp3) is 0.235. The van der Waals surface area contributed by atoms with Crippen LogP contribution in [-0.4, -0.2) is 28.8 Å². The summed E-state index contributed by atoms with van der Waals surface area (Å²) < 4.78 is 0. The Morgan fingerprint density at radius 1 is 0.708 bits per heavy atom. The highest BCUT2D eigenvalue weighted by atomic mass is 35.5. The third-order valence-corrected chi connectivity index (χ3v) is 5.43. The zero-order valence-electron chi connectivity index (χ0n) is 12.7. The summed E-state index contributed by atoms with van der Waals surface area (Å²) in [4.78, 5) is 4.02. The summed E-state index contributed by atoms with van der Waals surface area (Å²) >= 11 is 24.0. The average Bonchev–Trinajstić information content (AvgIpc) is 2.88. The molecule has 3 rings (SSSR count). The van der Waals surface area contributed by atoms with Crippen molar-refractivity contribution in [1.29, 1.82) is 5.41 Å².